The molecular formula is C18H18ClNO3. The van der Waals surface area contributed by atoms with Gasteiger partial charge >= 0.3 is 5.97 Å². The topological polar surface area (TPSA) is 69.4 Å². The van der Waals surface area contributed by atoms with Crippen molar-refractivity contribution in [2.45, 2.75) is 26.9 Å². The molecule has 0 aliphatic heterocycles. The second-order valence-corrected chi connectivity index (χ2v) is 5.87. The zero-order chi connectivity index (χ0) is 17.1. The van der Waals surface area contributed by atoms with Gasteiger partial charge in [0.05, 0.1) is 16.3 Å². The van der Waals surface area contributed by atoms with Crippen molar-refractivity contribution in [1.29, 1.82) is 0 Å². The highest BCUT2D eigenvalue weighted by atomic mass is 35.5. The summed E-state index contributed by atoms with van der Waals surface area (Å²) in [5.74, 6) is -0.846. The maximum absolute atomic E-state index is 12.5. The lowest BCUT2D eigenvalue weighted by atomic mass is 9.99. The minimum atomic E-state index is -0.889. The van der Waals surface area contributed by atoms with E-state index in [4.69, 9.17) is 22.1 Å². The number of anilines is 1. The van der Waals surface area contributed by atoms with E-state index in [0.717, 1.165) is 11.1 Å². The van der Waals surface area contributed by atoms with Crippen LogP contribution >= 0.6 is 11.6 Å². The minimum absolute atomic E-state index is 0.235. The number of rotatable bonds is 4. The van der Waals surface area contributed by atoms with Gasteiger partial charge in [-0.1, -0.05) is 29.3 Å². The van der Waals surface area contributed by atoms with Crippen molar-refractivity contribution < 1.29 is 14.3 Å². The summed E-state index contributed by atoms with van der Waals surface area (Å²) in [6.07, 6.45) is -0.889. The number of halogens is 1. The molecule has 0 aromatic heterocycles. The molecular weight excluding hydrogens is 314 g/mol. The Kier molecular flexibility index (Phi) is 5.06. The number of carbonyl (C=O) groups excluding carboxylic acids is 2. The Labute approximate surface area is 140 Å². The summed E-state index contributed by atoms with van der Waals surface area (Å²) in [5, 5.41) is 0.362. The quantitative estimate of drug-likeness (QED) is 0.523. The number of hydrogen-bond acceptors (Lipinski definition) is 4. The van der Waals surface area contributed by atoms with Gasteiger partial charge in [-0.05, 0) is 50.6 Å². The Morgan fingerprint density at radius 2 is 1.83 bits per heavy atom. The molecule has 0 aliphatic carbocycles. The van der Waals surface area contributed by atoms with Crippen LogP contribution in [0.4, 0.5) is 5.69 Å². The van der Waals surface area contributed by atoms with Crippen LogP contribution in [0.15, 0.2) is 36.4 Å². The maximum atomic E-state index is 12.5. The number of Topliss-reactive ketones (excluding diaryl/α,β-unsaturated/α-hetero) is 1. The van der Waals surface area contributed by atoms with Gasteiger partial charge in [0, 0.05) is 5.56 Å². The predicted molar refractivity (Wildman–Crippen MR) is 91.0 cm³/mol. The summed E-state index contributed by atoms with van der Waals surface area (Å²) in [7, 11) is 0. The van der Waals surface area contributed by atoms with Crippen molar-refractivity contribution in [2.75, 3.05) is 5.73 Å². The highest BCUT2D eigenvalue weighted by Gasteiger charge is 2.22. The number of benzene rings is 2. The molecule has 1 atom stereocenters. The third-order valence-electron chi connectivity index (χ3n) is 3.54. The fourth-order valence-corrected chi connectivity index (χ4v) is 2.29. The van der Waals surface area contributed by atoms with Crippen molar-refractivity contribution >= 4 is 29.0 Å². The van der Waals surface area contributed by atoms with Gasteiger partial charge in [-0.15, -0.1) is 0 Å². The van der Waals surface area contributed by atoms with Crippen LogP contribution < -0.4 is 5.73 Å². The number of nitrogen functional groups attached to an aromatic ring is 1. The highest BCUT2D eigenvalue weighted by Crippen LogP contribution is 2.21. The Bertz CT molecular complexity index is 771. The van der Waals surface area contributed by atoms with E-state index in [2.05, 4.69) is 0 Å². The number of esters is 1. The maximum Gasteiger partial charge on any atom is 0.338 e. The first-order chi connectivity index (χ1) is 10.8. The third-order valence-corrected chi connectivity index (χ3v) is 3.89. The molecule has 0 heterocycles. The van der Waals surface area contributed by atoms with Crippen LogP contribution in [0.2, 0.25) is 5.02 Å². The molecule has 0 bridgehead atoms. The molecule has 4 nitrogen and oxygen atoms in total. The van der Waals surface area contributed by atoms with Gasteiger partial charge in [0.1, 0.15) is 0 Å². The number of ether oxygens (including phenoxy) is 1. The summed E-state index contributed by atoms with van der Waals surface area (Å²) >= 11 is 5.82. The number of hydrogen-bond donors (Lipinski definition) is 1. The fraction of sp³-hybridized carbons (Fsp3) is 0.222. The number of ketones is 1. The molecule has 120 valence electrons. The smallest absolute Gasteiger partial charge is 0.338 e. The van der Waals surface area contributed by atoms with Crippen molar-refractivity contribution in [3.05, 3.63) is 63.7 Å². The van der Waals surface area contributed by atoms with Crippen molar-refractivity contribution in [3.63, 3.8) is 0 Å². The van der Waals surface area contributed by atoms with Crippen LogP contribution in [-0.4, -0.2) is 17.9 Å². The molecule has 5 heteroatoms. The van der Waals surface area contributed by atoms with E-state index in [1.54, 1.807) is 13.0 Å². The molecule has 2 N–H and O–H groups in total. The first-order valence-corrected chi connectivity index (χ1v) is 7.55. The largest absolute Gasteiger partial charge is 0.451 e. The van der Waals surface area contributed by atoms with Gasteiger partial charge in [0.2, 0.25) is 5.78 Å². The Balaban J connectivity index is 2.15. The molecule has 0 spiro atoms. The van der Waals surface area contributed by atoms with Gasteiger partial charge in [-0.25, -0.2) is 4.79 Å². The summed E-state index contributed by atoms with van der Waals surface area (Å²) in [5.41, 5.74) is 8.59. The summed E-state index contributed by atoms with van der Waals surface area (Å²) < 4.78 is 5.26. The van der Waals surface area contributed by atoms with Gasteiger partial charge in [0.25, 0.3) is 0 Å². The zero-order valence-electron chi connectivity index (χ0n) is 13.2. The molecule has 0 fully saturated rings. The van der Waals surface area contributed by atoms with E-state index in [0.29, 0.717) is 10.6 Å². The zero-order valence-corrected chi connectivity index (χ0v) is 14.0. The molecule has 0 aliphatic rings. The number of carbonyl (C=O) groups is 2. The number of nitrogens with two attached hydrogens (primary N) is 1. The molecule has 0 saturated carbocycles. The third kappa shape index (κ3) is 3.90. The van der Waals surface area contributed by atoms with Crippen LogP contribution in [0.1, 0.15) is 38.8 Å². The van der Waals surface area contributed by atoms with Crippen molar-refractivity contribution in [1.82, 2.24) is 0 Å². The SMILES string of the molecule is Cc1ccc(C)c(C(=O)[C@@H](C)OC(=O)c2ccc(Cl)c(N)c2)c1. The standard InChI is InChI=1S/C18H18ClNO3/c1-10-4-5-11(2)14(8-10)17(21)12(3)23-18(22)13-6-7-15(19)16(20)9-13/h4-9,12H,20H2,1-3H3/t12-/m1/s1. The normalized spacial score (nSPS) is 11.8. The Morgan fingerprint density at radius 3 is 2.48 bits per heavy atom. The van der Waals surface area contributed by atoms with E-state index < -0.39 is 12.1 Å². The van der Waals surface area contributed by atoms with Crippen LogP contribution in [0.3, 0.4) is 0 Å². The van der Waals surface area contributed by atoms with Crippen LogP contribution in [-0.2, 0) is 4.74 Å². The summed E-state index contributed by atoms with van der Waals surface area (Å²) in [6.45, 7) is 5.31. The lowest BCUT2D eigenvalue weighted by Gasteiger charge is -2.14. The van der Waals surface area contributed by atoms with Crippen molar-refractivity contribution in [3.8, 4) is 0 Å². The first-order valence-electron chi connectivity index (χ1n) is 7.17. The first kappa shape index (κ1) is 17.0. The summed E-state index contributed by atoms with van der Waals surface area (Å²) in [6, 6.07) is 10.1. The molecule has 23 heavy (non-hydrogen) atoms. The second kappa shape index (κ2) is 6.84. The van der Waals surface area contributed by atoms with Gasteiger partial charge in [-0.3, -0.25) is 4.79 Å². The fourth-order valence-electron chi connectivity index (χ4n) is 2.17. The highest BCUT2D eigenvalue weighted by molar-refractivity contribution is 6.33. The molecule has 0 saturated heterocycles. The minimum Gasteiger partial charge on any atom is -0.451 e. The van der Waals surface area contributed by atoms with Crippen LogP contribution in [0.25, 0.3) is 0 Å². The molecule has 2 rings (SSSR count). The van der Waals surface area contributed by atoms with E-state index in [1.165, 1.54) is 18.2 Å². The molecule has 0 amide bonds. The van der Waals surface area contributed by atoms with E-state index in [-0.39, 0.29) is 17.0 Å². The number of aryl methyl sites for hydroxylation is 2. The Morgan fingerprint density at radius 1 is 1.13 bits per heavy atom. The van der Waals surface area contributed by atoms with E-state index in [1.807, 2.05) is 26.0 Å². The van der Waals surface area contributed by atoms with Crippen LogP contribution in [0, 0.1) is 13.8 Å². The molecule has 0 radical (unpaired) electrons. The van der Waals surface area contributed by atoms with Gasteiger partial charge in [0.15, 0.2) is 6.10 Å². The molecule has 0 unspecified atom stereocenters. The lowest BCUT2D eigenvalue weighted by molar-refractivity contribution is 0.0318. The summed E-state index contributed by atoms with van der Waals surface area (Å²) in [4.78, 5) is 24.6. The van der Waals surface area contributed by atoms with Crippen LogP contribution in [0.5, 0.6) is 0 Å². The average molecular weight is 332 g/mol. The molecule has 2 aromatic rings. The van der Waals surface area contributed by atoms with Gasteiger partial charge < -0.3 is 10.5 Å². The second-order valence-electron chi connectivity index (χ2n) is 5.47. The van der Waals surface area contributed by atoms with Crippen molar-refractivity contribution in [2.24, 2.45) is 0 Å². The average Bonchev–Trinajstić information content (AvgIpc) is 2.51. The lowest BCUT2D eigenvalue weighted by Crippen LogP contribution is -2.25. The monoisotopic (exact) mass is 331 g/mol. The predicted octanol–water partition coefficient (Wildman–Crippen LogP) is 3.97. The van der Waals surface area contributed by atoms with Gasteiger partial charge in [-0.2, -0.15) is 0 Å². The van der Waals surface area contributed by atoms with E-state index in [9.17, 15) is 9.59 Å². The Hall–Kier alpha value is -2.33. The van der Waals surface area contributed by atoms with E-state index >= 15 is 0 Å². The molecule has 2 aromatic carbocycles.